The Hall–Kier alpha value is -2.88. The fourth-order valence-electron chi connectivity index (χ4n) is 3.47. The first-order chi connectivity index (χ1) is 12.6. The molecule has 2 aromatic heterocycles. The molecule has 138 valence electrons. The van der Waals surface area contributed by atoms with Crippen LogP contribution in [-0.4, -0.2) is 51.9 Å². The van der Waals surface area contributed by atoms with Crippen LogP contribution in [0.25, 0.3) is 0 Å². The number of nitrogens with zero attached hydrogens (tertiary/aromatic N) is 4. The molecule has 4 rings (SSSR count). The van der Waals surface area contributed by atoms with Gasteiger partial charge in [-0.2, -0.15) is 15.1 Å². The summed E-state index contributed by atoms with van der Waals surface area (Å²) in [6, 6.07) is 0.226. The third kappa shape index (κ3) is 3.03. The third-order valence-electron chi connectivity index (χ3n) is 4.89. The number of hydrogen-bond acceptors (Lipinski definition) is 8. The number of anilines is 3. The second-order valence-electron chi connectivity index (χ2n) is 6.59. The Kier molecular flexibility index (Phi) is 4.33. The highest BCUT2D eigenvalue weighted by molar-refractivity contribution is 6.02. The molecule has 0 bridgehead atoms. The Morgan fingerprint density at radius 2 is 2.19 bits per heavy atom. The van der Waals surface area contributed by atoms with E-state index in [1.54, 1.807) is 12.4 Å². The summed E-state index contributed by atoms with van der Waals surface area (Å²) >= 11 is 0. The highest BCUT2D eigenvalue weighted by Gasteiger charge is 2.31. The van der Waals surface area contributed by atoms with Crippen molar-refractivity contribution in [1.29, 1.82) is 0 Å². The van der Waals surface area contributed by atoms with Crippen LogP contribution in [0.2, 0.25) is 0 Å². The van der Waals surface area contributed by atoms with E-state index in [-0.39, 0.29) is 36.2 Å². The normalized spacial score (nSPS) is 22.2. The van der Waals surface area contributed by atoms with E-state index in [1.165, 1.54) is 0 Å². The van der Waals surface area contributed by atoms with Crippen molar-refractivity contribution in [3.05, 3.63) is 18.0 Å². The van der Waals surface area contributed by atoms with Crippen LogP contribution in [0, 0.1) is 0 Å². The third-order valence-corrected chi connectivity index (χ3v) is 4.89. The second kappa shape index (κ2) is 6.79. The summed E-state index contributed by atoms with van der Waals surface area (Å²) in [7, 11) is 1.93. The molecule has 2 unspecified atom stereocenters. The number of likely N-dealkylation sites (N-methyl/N-ethyl adjacent to an activating group) is 1. The van der Waals surface area contributed by atoms with Gasteiger partial charge in [-0.3, -0.25) is 9.89 Å². The predicted molar refractivity (Wildman–Crippen MR) is 95.5 cm³/mol. The van der Waals surface area contributed by atoms with Crippen LogP contribution >= 0.6 is 0 Å². The van der Waals surface area contributed by atoms with E-state index in [1.807, 2.05) is 11.9 Å². The molecule has 10 heteroatoms. The van der Waals surface area contributed by atoms with Crippen molar-refractivity contribution >= 4 is 23.4 Å². The average molecular weight is 358 g/mol. The van der Waals surface area contributed by atoms with Gasteiger partial charge in [0.1, 0.15) is 5.56 Å². The van der Waals surface area contributed by atoms with Gasteiger partial charge in [-0.25, -0.2) is 0 Å². The van der Waals surface area contributed by atoms with Gasteiger partial charge < -0.3 is 26.0 Å². The summed E-state index contributed by atoms with van der Waals surface area (Å²) in [6.45, 7) is 0.0834. The molecule has 0 saturated heterocycles. The van der Waals surface area contributed by atoms with E-state index in [9.17, 15) is 4.79 Å². The number of carbonyl (C=O) groups excluding carboxylic acids is 1. The van der Waals surface area contributed by atoms with Crippen molar-refractivity contribution in [2.24, 2.45) is 5.73 Å². The van der Waals surface area contributed by atoms with Crippen molar-refractivity contribution in [2.45, 2.75) is 37.8 Å². The predicted octanol–water partition coefficient (Wildman–Crippen LogP) is 0.729. The number of aromatic amines is 1. The monoisotopic (exact) mass is 358 g/mol. The molecule has 1 aliphatic carbocycles. The smallest absolute Gasteiger partial charge is 0.263 e. The number of H-pyrrole nitrogens is 1. The number of nitrogens with one attached hydrogen (secondary N) is 3. The highest BCUT2D eigenvalue weighted by Crippen LogP contribution is 2.32. The zero-order valence-corrected chi connectivity index (χ0v) is 14.5. The lowest BCUT2D eigenvalue weighted by atomic mass is 9.90. The molecule has 3 heterocycles. The molecule has 0 spiro atoms. The fourth-order valence-corrected chi connectivity index (χ4v) is 3.47. The maximum Gasteiger partial charge on any atom is 0.263 e. The number of rotatable bonds is 4. The lowest BCUT2D eigenvalue weighted by molar-refractivity contribution is 0.0878. The molecule has 1 fully saturated rings. The van der Waals surface area contributed by atoms with Gasteiger partial charge in [-0.1, -0.05) is 12.8 Å². The number of ether oxygens (including phenoxy) is 1. The van der Waals surface area contributed by atoms with E-state index < -0.39 is 0 Å². The molecule has 1 saturated carbocycles. The summed E-state index contributed by atoms with van der Waals surface area (Å²) in [5.74, 6) is 0.841. The van der Waals surface area contributed by atoms with Gasteiger partial charge in [0.15, 0.2) is 12.5 Å². The average Bonchev–Trinajstić information content (AvgIpc) is 3.14. The summed E-state index contributed by atoms with van der Waals surface area (Å²) in [5, 5.41) is 12.4. The van der Waals surface area contributed by atoms with Crippen LogP contribution in [0.1, 0.15) is 36.0 Å². The Morgan fingerprint density at radius 1 is 1.35 bits per heavy atom. The first-order valence-corrected chi connectivity index (χ1v) is 8.70. The fraction of sp³-hybridized carbons (Fsp3) is 0.500. The zero-order chi connectivity index (χ0) is 18.1. The number of amides is 1. The number of aromatic nitrogens is 4. The maximum absolute atomic E-state index is 12.3. The lowest BCUT2D eigenvalue weighted by Crippen LogP contribution is -2.48. The summed E-state index contributed by atoms with van der Waals surface area (Å²) in [5.41, 5.74) is 7.27. The largest absolute Gasteiger partial charge is 0.456 e. The number of nitrogens with two attached hydrogens (primary N) is 1. The topological polar surface area (TPSA) is 134 Å². The summed E-state index contributed by atoms with van der Waals surface area (Å²) in [4.78, 5) is 23.4. The zero-order valence-electron chi connectivity index (χ0n) is 14.5. The molecule has 2 atom stereocenters. The van der Waals surface area contributed by atoms with Gasteiger partial charge in [-0.15, -0.1) is 0 Å². The van der Waals surface area contributed by atoms with E-state index >= 15 is 0 Å². The van der Waals surface area contributed by atoms with Crippen molar-refractivity contribution in [3.63, 3.8) is 0 Å². The molecule has 2 aromatic rings. The van der Waals surface area contributed by atoms with Crippen LogP contribution in [-0.2, 0) is 0 Å². The van der Waals surface area contributed by atoms with E-state index in [2.05, 4.69) is 30.8 Å². The molecule has 5 N–H and O–H groups in total. The van der Waals surface area contributed by atoms with Crippen LogP contribution in [0.4, 0.5) is 17.5 Å². The molecule has 26 heavy (non-hydrogen) atoms. The van der Waals surface area contributed by atoms with Crippen LogP contribution < -0.4 is 26.0 Å². The summed E-state index contributed by atoms with van der Waals surface area (Å²) in [6.07, 6.45) is 7.54. The Labute approximate surface area is 150 Å². The van der Waals surface area contributed by atoms with E-state index in [0.717, 1.165) is 25.7 Å². The van der Waals surface area contributed by atoms with Crippen LogP contribution in [0.15, 0.2) is 12.4 Å². The van der Waals surface area contributed by atoms with Crippen molar-refractivity contribution in [1.82, 2.24) is 25.5 Å². The van der Waals surface area contributed by atoms with Crippen molar-refractivity contribution in [2.75, 3.05) is 24.0 Å². The van der Waals surface area contributed by atoms with Gasteiger partial charge in [0.05, 0.1) is 11.9 Å². The molecule has 1 aliphatic heterocycles. The lowest BCUT2D eigenvalue weighted by Gasteiger charge is -2.36. The van der Waals surface area contributed by atoms with Gasteiger partial charge >= 0.3 is 0 Å². The summed E-state index contributed by atoms with van der Waals surface area (Å²) < 4.78 is 5.55. The van der Waals surface area contributed by atoms with Gasteiger partial charge in [0.25, 0.3) is 5.91 Å². The Bertz CT molecular complexity index is 794. The number of fused-ring (bicyclic) bond motifs is 1. The number of carbonyl (C=O) groups is 1. The van der Waals surface area contributed by atoms with Gasteiger partial charge in [0.2, 0.25) is 11.8 Å². The molecular weight excluding hydrogens is 336 g/mol. The highest BCUT2D eigenvalue weighted by atomic mass is 16.5. The molecule has 0 aromatic carbocycles. The Balaban J connectivity index is 1.72. The van der Waals surface area contributed by atoms with E-state index in [4.69, 9.17) is 10.5 Å². The molecule has 2 aliphatic rings. The quantitative estimate of drug-likeness (QED) is 0.628. The molecule has 0 radical (unpaired) electrons. The maximum atomic E-state index is 12.3. The number of hydrogen-bond donors (Lipinski definition) is 4. The molecular formula is C16H22N8O2. The standard InChI is InChI=1S/C16H22N8O2/c1-24(11-5-3-2-4-10(11)17)16-22-13(21-9-6-19-20-7-9)12-14(25)18-8-26-15(12)23-16/h6-7,10-11H,2-5,8,17H2,1H3,(H,18,25)(H,19,20)(H,21,22,23). The first kappa shape index (κ1) is 16.6. The van der Waals surface area contributed by atoms with Gasteiger partial charge in [-0.05, 0) is 12.8 Å². The molecule has 1 amide bonds. The minimum absolute atomic E-state index is 0.0721. The molecule has 10 nitrogen and oxygen atoms in total. The van der Waals surface area contributed by atoms with Gasteiger partial charge in [0, 0.05) is 25.3 Å². The second-order valence-corrected chi connectivity index (χ2v) is 6.59. The van der Waals surface area contributed by atoms with E-state index in [0.29, 0.717) is 17.5 Å². The minimum atomic E-state index is -0.277. The Morgan fingerprint density at radius 3 is 2.96 bits per heavy atom. The minimum Gasteiger partial charge on any atom is -0.456 e. The van der Waals surface area contributed by atoms with Crippen LogP contribution in [0.3, 0.4) is 0 Å². The first-order valence-electron chi connectivity index (χ1n) is 8.70. The van der Waals surface area contributed by atoms with Crippen molar-refractivity contribution in [3.8, 4) is 5.88 Å². The SMILES string of the molecule is CN(c1nc(Nc2cn[nH]c2)c2c(n1)OCNC2=O)C1CCCCC1N. The van der Waals surface area contributed by atoms with Crippen LogP contribution in [0.5, 0.6) is 5.88 Å². The van der Waals surface area contributed by atoms with Crippen molar-refractivity contribution < 1.29 is 9.53 Å².